The van der Waals surface area contributed by atoms with Crippen LogP contribution in [0, 0.1) is 11.8 Å². The third kappa shape index (κ3) is 4.04. The van der Waals surface area contributed by atoms with Crippen molar-refractivity contribution in [3.63, 3.8) is 0 Å². The summed E-state index contributed by atoms with van der Waals surface area (Å²) in [6.45, 7) is 0.702. The molecule has 5 heteroatoms. The molecule has 0 bridgehead atoms. The van der Waals surface area contributed by atoms with E-state index in [4.69, 9.17) is 5.11 Å². The van der Waals surface area contributed by atoms with Gasteiger partial charge in [-0.3, -0.25) is 9.59 Å². The highest BCUT2D eigenvalue weighted by Gasteiger charge is 2.33. The van der Waals surface area contributed by atoms with Crippen molar-refractivity contribution in [2.45, 2.75) is 25.7 Å². The van der Waals surface area contributed by atoms with Crippen LogP contribution in [-0.4, -0.2) is 35.5 Å². The number of carboxylic acids is 1. The predicted molar refractivity (Wildman–Crippen MR) is 64.5 cm³/mol. The van der Waals surface area contributed by atoms with Crippen molar-refractivity contribution in [2.24, 2.45) is 11.8 Å². The van der Waals surface area contributed by atoms with Crippen LogP contribution in [0.3, 0.4) is 0 Å². The summed E-state index contributed by atoms with van der Waals surface area (Å²) in [4.78, 5) is 22.4. The molecule has 2 N–H and O–H groups in total. The Bertz CT molecular complexity index is 258. The van der Waals surface area contributed by atoms with Crippen molar-refractivity contribution in [3.05, 3.63) is 0 Å². The highest BCUT2D eigenvalue weighted by Crippen LogP contribution is 2.30. The summed E-state index contributed by atoms with van der Waals surface area (Å²) in [7, 11) is 0. The van der Waals surface area contributed by atoms with Crippen molar-refractivity contribution in [1.82, 2.24) is 5.32 Å². The average Bonchev–Trinajstić information content (AvgIpc) is 2.73. The molecule has 1 fully saturated rings. The van der Waals surface area contributed by atoms with E-state index in [0.29, 0.717) is 25.8 Å². The number of hydrogen-bond acceptors (Lipinski definition) is 3. The van der Waals surface area contributed by atoms with Gasteiger partial charge in [-0.1, -0.05) is 0 Å². The van der Waals surface area contributed by atoms with Gasteiger partial charge in [-0.15, -0.1) is 0 Å². The third-order valence-corrected chi connectivity index (χ3v) is 3.67. The van der Waals surface area contributed by atoms with Gasteiger partial charge in [0.1, 0.15) is 0 Å². The second-order valence-electron chi connectivity index (χ2n) is 4.18. The maximum absolute atomic E-state index is 11.7. The molecule has 1 aliphatic rings. The number of carbonyl (C=O) groups excluding carboxylic acids is 1. The van der Waals surface area contributed by atoms with Crippen LogP contribution < -0.4 is 5.32 Å². The maximum Gasteiger partial charge on any atom is 0.306 e. The molecule has 0 spiro atoms. The Hall–Kier alpha value is -0.710. The fourth-order valence-corrected chi connectivity index (χ4v) is 2.45. The van der Waals surface area contributed by atoms with Crippen molar-refractivity contribution in [3.8, 4) is 0 Å². The minimum atomic E-state index is -0.766. The van der Waals surface area contributed by atoms with E-state index in [0.717, 1.165) is 12.2 Å². The quantitative estimate of drug-likeness (QED) is 0.693. The predicted octanol–water partition coefficient (Wildman–Crippen LogP) is 1.36. The zero-order valence-corrected chi connectivity index (χ0v) is 10.4. The standard InChI is InChI=1S/C11H19NO3S/c1-16-6-2-5-12-10(13)8-3-4-9(7-8)11(14)15/h8-9H,2-7H2,1H3,(H,12,13)(H,14,15)/t8-,9+/m1/s1. The van der Waals surface area contributed by atoms with Crippen LogP contribution in [0.4, 0.5) is 0 Å². The molecule has 1 saturated carbocycles. The Morgan fingerprint density at radius 2 is 2.06 bits per heavy atom. The Morgan fingerprint density at radius 3 is 2.62 bits per heavy atom. The van der Waals surface area contributed by atoms with Crippen LogP contribution in [0.25, 0.3) is 0 Å². The fraction of sp³-hybridized carbons (Fsp3) is 0.818. The topological polar surface area (TPSA) is 66.4 Å². The lowest BCUT2D eigenvalue weighted by Gasteiger charge is -2.10. The molecule has 0 saturated heterocycles. The molecule has 4 nitrogen and oxygen atoms in total. The van der Waals surface area contributed by atoms with Gasteiger partial charge in [0, 0.05) is 12.5 Å². The third-order valence-electron chi connectivity index (χ3n) is 2.98. The summed E-state index contributed by atoms with van der Waals surface area (Å²) in [6.07, 6.45) is 4.87. The van der Waals surface area contributed by atoms with Crippen LogP contribution in [0.2, 0.25) is 0 Å². The normalized spacial score (nSPS) is 24.3. The first-order valence-electron chi connectivity index (χ1n) is 5.64. The summed E-state index contributed by atoms with van der Waals surface area (Å²) in [5, 5.41) is 11.7. The highest BCUT2D eigenvalue weighted by atomic mass is 32.2. The molecule has 1 amide bonds. The van der Waals surface area contributed by atoms with Gasteiger partial charge in [-0.2, -0.15) is 11.8 Å². The van der Waals surface area contributed by atoms with E-state index < -0.39 is 5.97 Å². The van der Waals surface area contributed by atoms with E-state index >= 15 is 0 Å². The lowest BCUT2D eigenvalue weighted by Crippen LogP contribution is -2.30. The Balaban J connectivity index is 2.20. The zero-order chi connectivity index (χ0) is 12.0. The van der Waals surface area contributed by atoms with Gasteiger partial charge in [0.05, 0.1) is 5.92 Å². The van der Waals surface area contributed by atoms with Gasteiger partial charge < -0.3 is 10.4 Å². The van der Waals surface area contributed by atoms with Gasteiger partial charge in [-0.25, -0.2) is 0 Å². The van der Waals surface area contributed by atoms with Gasteiger partial charge in [0.2, 0.25) is 5.91 Å². The number of thioether (sulfide) groups is 1. The van der Waals surface area contributed by atoms with Crippen LogP contribution >= 0.6 is 11.8 Å². The maximum atomic E-state index is 11.7. The van der Waals surface area contributed by atoms with Crippen LogP contribution in [0.5, 0.6) is 0 Å². The first-order chi connectivity index (χ1) is 7.65. The molecule has 1 rings (SSSR count). The molecule has 0 radical (unpaired) electrons. The molecule has 0 aromatic heterocycles. The number of rotatable bonds is 6. The minimum absolute atomic E-state index is 0.0323. The van der Waals surface area contributed by atoms with E-state index in [1.54, 1.807) is 11.8 Å². The Morgan fingerprint density at radius 1 is 1.38 bits per heavy atom. The smallest absolute Gasteiger partial charge is 0.306 e. The largest absolute Gasteiger partial charge is 0.481 e. The molecule has 0 heterocycles. The molecular formula is C11H19NO3S. The lowest BCUT2D eigenvalue weighted by atomic mass is 10.0. The van der Waals surface area contributed by atoms with Crippen molar-refractivity contribution in [1.29, 1.82) is 0 Å². The first kappa shape index (κ1) is 13.4. The molecule has 0 aliphatic heterocycles. The Kier molecular flexibility index (Phi) is 5.66. The molecule has 16 heavy (non-hydrogen) atoms. The SMILES string of the molecule is CSCCCNC(=O)[C@@H]1CC[C@H](C(=O)O)C1. The van der Waals surface area contributed by atoms with Gasteiger partial charge >= 0.3 is 5.97 Å². The number of hydrogen-bond donors (Lipinski definition) is 2. The van der Waals surface area contributed by atoms with Gasteiger partial charge in [-0.05, 0) is 37.7 Å². The summed E-state index contributed by atoms with van der Waals surface area (Å²) in [6, 6.07) is 0. The van der Waals surface area contributed by atoms with Crippen LogP contribution in [0.15, 0.2) is 0 Å². The molecule has 92 valence electrons. The average molecular weight is 245 g/mol. The van der Waals surface area contributed by atoms with Crippen LogP contribution in [-0.2, 0) is 9.59 Å². The number of aliphatic carboxylic acids is 1. The molecule has 0 aromatic rings. The van der Waals surface area contributed by atoms with E-state index in [9.17, 15) is 9.59 Å². The number of carboxylic acid groups (broad SMARTS) is 1. The molecular weight excluding hydrogens is 226 g/mol. The van der Waals surface area contributed by atoms with Gasteiger partial charge in [0.15, 0.2) is 0 Å². The number of amides is 1. The van der Waals surface area contributed by atoms with Crippen LogP contribution in [0.1, 0.15) is 25.7 Å². The zero-order valence-electron chi connectivity index (χ0n) is 9.57. The first-order valence-corrected chi connectivity index (χ1v) is 7.04. The van der Waals surface area contributed by atoms with E-state index in [2.05, 4.69) is 5.32 Å². The monoisotopic (exact) mass is 245 g/mol. The summed E-state index contributed by atoms with van der Waals surface area (Å²) in [5.74, 6) is -0.0947. The molecule has 0 aromatic carbocycles. The minimum Gasteiger partial charge on any atom is -0.481 e. The van der Waals surface area contributed by atoms with E-state index in [1.807, 2.05) is 6.26 Å². The van der Waals surface area contributed by atoms with E-state index in [1.165, 1.54) is 0 Å². The van der Waals surface area contributed by atoms with E-state index in [-0.39, 0.29) is 17.7 Å². The second kappa shape index (κ2) is 6.78. The summed E-state index contributed by atoms with van der Waals surface area (Å²) in [5.41, 5.74) is 0. The molecule has 1 aliphatic carbocycles. The summed E-state index contributed by atoms with van der Waals surface area (Å²) >= 11 is 1.76. The molecule has 0 unspecified atom stereocenters. The van der Waals surface area contributed by atoms with Crippen molar-refractivity contribution < 1.29 is 14.7 Å². The number of nitrogens with one attached hydrogen (secondary N) is 1. The molecule has 2 atom stereocenters. The Labute approximate surface area is 100 Å². The van der Waals surface area contributed by atoms with Gasteiger partial charge in [0.25, 0.3) is 0 Å². The fourth-order valence-electron chi connectivity index (χ4n) is 2.02. The second-order valence-corrected chi connectivity index (χ2v) is 5.17. The highest BCUT2D eigenvalue weighted by molar-refractivity contribution is 7.98. The number of carbonyl (C=O) groups is 2. The van der Waals surface area contributed by atoms with Crippen molar-refractivity contribution >= 4 is 23.6 Å². The van der Waals surface area contributed by atoms with Crippen molar-refractivity contribution in [2.75, 3.05) is 18.6 Å². The lowest BCUT2D eigenvalue weighted by molar-refractivity contribution is -0.141. The summed E-state index contributed by atoms with van der Waals surface area (Å²) < 4.78 is 0.